The molecule has 0 spiro atoms. The van der Waals surface area contributed by atoms with Crippen molar-refractivity contribution in [2.45, 2.75) is 25.9 Å². The summed E-state index contributed by atoms with van der Waals surface area (Å²) in [7, 11) is 0. The average Bonchev–Trinajstić information content (AvgIpc) is 2.41. The van der Waals surface area contributed by atoms with Crippen molar-refractivity contribution in [2.24, 2.45) is 0 Å². The highest BCUT2D eigenvalue weighted by Crippen LogP contribution is 2.18. The summed E-state index contributed by atoms with van der Waals surface area (Å²) in [5, 5.41) is 21.1. The van der Waals surface area contributed by atoms with E-state index in [1.54, 1.807) is 17.9 Å². The quantitative estimate of drug-likeness (QED) is 0.767. The van der Waals surface area contributed by atoms with Crippen LogP contribution in [0, 0.1) is 6.92 Å². The third kappa shape index (κ3) is 3.27. The Hall–Kier alpha value is -2.08. The SMILES string of the molecule is Cc1cc(C(=O)O)ccc1NC(=O)N1CCC(O)CC1. The molecule has 1 heterocycles. The highest BCUT2D eigenvalue weighted by Gasteiger charge is 2.21. The molecule has 1 aromatic carbocycles. The zero-order valence-corrected chi connectivity index (χ0v) is 11.3. The Balaban J connectivity index is 2.02. The predicted molar refractivity (Wildman–Crippen MR) is 74.0 cm³/mol. The largest absolute Gasteiger partial charge is 0.478 e. The number of urea groups is 1. The van der Waals surface area contributed by atoms with Gasteiger partial charge in [-0.15, -0.1) is 0 Å². The van der Waals surface area contributed by atoms with Gasteiger partial charge in [-0.2, -0.15) is 0 Å². The van der Waals surface area contributed by atoms with Crippen LogP contribution < -0.4 is 5.32 Å². The summed E-state index contributed by atoms with van der Waals surface area (Å²) in [4.78, 5) is 24.6. The summed E-state index contributed by atoms with van der Waals surface area (Å²) >= 11 is 0. The number of amides is 2. The van der Waals surface area contributed by atoms with Crippen molar-refractivity contribution in [1.29, 1.82) is 0 Å². The van der Waals surface area contributed by atoms with E-state index in [2.05, 4.69) is 5.32 Å². The lowest BCUT2D eigenvalue weighted by atomic mass is 10.1. The minimum Gasteiger partial charge on any atom is -0.478 e. The van der Waals surface area contributed by atoms with Crippen molar-refractivity contribution in [3.05, 3.63) is 29.3 Å². The Morgan fingerprint density at radius 2 is 1.95 bits per heavy atom. The Morgan fingerprint density at radius 3 is 2.50 bits per heavy atom. The second-order valence-corrected chi connectivity index (χ2v) is 4.98. The maximum atomic E-state index is 12.1. The van der Waals surface area contributed by atoms with Crippen molar-refractivity contribution < 1.29 is 19.8 Å². The average molecular weight is 278 g/mol. The molecule has 1 aliphatic heterocycles. The summed E-state index contributed by atoms with van der Waals surface area (Å²) in [6, 6.07) is 4.36. The molecule has 0 unspecified atom stereocenters. The molecule has 1 saturated heterocycles. The summed E-state index contributed by atoms with van der Waals surface area (Å²) in [5.74, 6) is -0.990. The van der Waals surface area contributed by atoms with Crippen molar-refractivity contribution in [2.75, 3.05) is 18.4 Å². The number of carbonyl (C=O) groups excluding carboxylic acids is 1. The molecule has 0 saturated carbocycles. The van der Waals surface area contributed by atoms with Gasteiger partial charge in [0.05, 0.1) is 11.7 Å². The van der Waals surface area contributed by atoms with Crippen molar-refractivity contribution in [1.82, 2.24) is 4.90 Å². The molecule has 0 radical (unpaired) electrons. The molecule has 1 aromatic rings. The van der Waals surface area contributed by atoms with Crippen molar-refractivity contribution in [3.8, 4) is 0 Å². The number of anilines is 1. The third-order valence-corrected chi connectivity index (χ3v) is 3.47. The molecule has 0 atom stereocenters. The van der Waals surface area contributed by atoms with Crippen LogP contribution in [0.1, 0.15) is 28.8 Å². The van der Waals surface area contributed by atoms with Crippen LogP contribution in [-0.4, -0.2) is 46.3 Å². The van der Waals surface area contributed by atoms with Crippen LogP contribution in [0.2, 0.25) is 0 Å². The molecule has 0 aliphatic carbocycles. The first-order chi connectivity index (χ1) is 9.47. The molecule has 108 valence electrons. The number of nitrogens with zero attached hydrogens (tertiary/aromatic N) is 1. The van der Waals surface area contributed by atoms with Gasteiger partial charge in [-0.3, -0.25) is 0 Å². The molecule has 6 heteroatoms. The topological polar surface area (TPSA) is 89.9 Å². The molecule has 20 heavy (non-hydrogen) atoms. The number of aliphatic hydroxyl groups excluding tert-OH is 1. The number of hydrogen-bond acceptors (Lipinski definition) is 3. The minimum absolute atomic E-state index is 0.196. The van der Waals surface area contributed by atoms with Crippen LogP contribution in [0.5, 0.6) is 0 Å². The maximum Gasteiger partial charge on any atom is 0.335 e. The maximum absolute atomic E-state index is 12.1. The van der Waals surface area contributed by atoms with E-state index in [9.17, 15) is 14.7 Å². The summed E-state index contributed by atoms with van der Waals surface area (Å²) in [6.07, 6.45) is 0.852. The Labute approximate surface area is 117 Å². The number of carboxylic acid groups (broad SMARTS) is 1. The first-order valence-corrected chi connectivity index (χ1v) is 6.55. The van der Waals surface area contributed by atoms with E-state index in [0.29, 0.717) is 37.2 Å². The number of rotatable bonds is 2. The molecule has 0 bridgehead atoms. The number of aromatic carboxylic acids is 1. The predicted octanol–water partition coefficient (Wildman–Crippen LogP) is 1.68. The first-order valence-electron chi connectivity index (χ1n) is 6.55. The number of piperidine rings is 1. The molecule has 6 nitrogen and oxygen atoms in total. The lowest BCUT2D eigenvalue weighted by molar-refractivity contribution is 0.0696. The van der Waals surface area contributed by atoms with Gasteiger partial charge in [0.1, 0.15) is 0 Å². The van der Waals surface area contributed by atoms with E-state index >= 15 is 0 Å². The second-order valence-electron chi connectivity index (χ2n) is 4.98. The number of carboxylic acids is 1. The molecule has 3 N–H and O–H groups in total. The van der Waals surface area contributed by atoms with E-state index in [-0.39, 0.29) is 17.7 Å². The smallest absolute Gasteiger partial charge is 0.335 e. The Morgan fingerprint density at radius 1 is 1.30 bits per heavy atom. The highest BCUT2D eigenvalue weighted by molar-refractivity contribution is 5.92. The van der Waals surface area contributed by atoms with Gasteiger partial charge in [-0.25, -0.2) is 9.59 Å². The minimum atomic E-state index is -0.990. The molecule has 1 fully saturated rings. The molecule has 1 aliphatic rings. The van der Waals surface area contributed by atoms with Crippen LogP contribution in [-0.2, 0) is 0 Å². The van der Waals surface area contributed by atoms with E-state index in [1.165, 1.54) is 12.1 Å². The van der Waals surface area contributed by atoms with Gasteiger partial charge < -0.3 is 20.4 Å². The van der Waals surface area contributed by atoms with E-state index in [0.717, 1.165) is 0 Å². The number of hydrogen-bond donors (Lipinski definition) is 3. The molecular formula is C14H18N2O4. The van der Waals surface area contributed by atoms with E-state index in [4.69, 9.17) is 5.11 Å². The Kier molecular flexibility index (Phi) is 4.24. The fourth-order valence-corrected chi connectivity index (χ4v) is 2.20. The lowest BCUT2D eigenvalue weighted by Gasteiger charge is -2.29. The number of likely N-dealkylation sites (tertiary alicyclic amines) is 1. The summed E-state index contributed by atoms with van der Waals surface area (Å²) < 4.78 is 0. The molecule has 2 rings (SSSR count). The molecule has 2 amide bonds. The number of benzene rings is 1. The monoisotopic (exact) mass is 278 g/mol. The van der Waals surface area contributed by atoms with Crippen molar-refractivity contribution >= 4 is 17.7 Å². The van der Waals surface area contributed by atoms with Crippen molar-refractivity contribution in [3.63, 3.8) is 0 Å². The second kappa shape index (κ2) is 5.92. The van der Waals surface area contributed by atoms with Crippen LogP contribution in [0.4, 0.5) is 10.5 Å². The van der Waals surface area contributed by atoms with Gasteiger partial charge in [-0.05, 0) is 43.5 Å². The van der Waals surface area contributed by atoms with E-state index < -0.39 is 5.97 Å². The lowest BCUT2D eigenvalue weighted by Crippen LogP contribution is -2.42. The standard InChI is InChI=1S/C14H18N2O4/c1-9-8-10(13(18)19)2-3-12(9)15-14(20)16-6-4-11(17)5-7-16/h2-3,8,11,17H,4-7H2,1H3,(H,15,20)(H,18,19). The van der Waals surface area contributed by atoms with Gasteiger partial charge in [0.15, 0.2) is 0 Å². The van der Waals surface area contributed by atoms with Gasteiger partial charge in [-0.1, -0.05) is 0 Å². The van der Waals surface area contributed by atoms with Crippen LogP contribution in [0.15, 0.2) is 18.2 Å². The normalized spacial score (nSPS) is 16.0. The zero-order valence-electron chi connectivity index (χ0n) is 11.3. The third-order valence-electron chi connectivity index (χ3n) is 3.47. The number of aryl methyl sites for hydroxylation is 1. The van der Waals surface area contributed by atoms with Crippen LogP contribution in [0.25, 0.3) is 0 Å². The highest BCUT2D eigenvalue weighted by atomic mass is 16.4. The molecular weight excluding hydrogens is 260 g/mol. The van der Waals surface area contributed by atoms with E-state index in [1.807, 2.05) is 0 Å². The number of aliphatic hydroxyl groups is 1. The Bertz CT molecular complexity index is 522. The van der Waals surface area contributed by atoms with Gasteiger partial charge in [0.25, 0.3) is 0 Å². The van der Waals surface area contributed by atoms with Gasteiger partial charge in [0.2, 0.25) is 0 Å². The summed E-state index contributed by atoms with van der Waals surface area (Å²) in [6.45, 7) is 2.81. The zero-order chi connectivity index (χ0) is 14.7. The fraction of sp³-hybridized carbons (Fsp3) is 0.429. The van der Waals surface area contributed by atoms with Gasteiger partial charge >= 0.3 is 12.0 Å². The summed E-state index contributed by atoms with van der Waals surface area (Å²) in [5.41, 5.74) is 1.50. The molecule has 0 aromatic heterocycles. The first kappa shape index (κ1) is 14.3. The number of nitrogens with one attached hydrogen (secondary N) is 1. The number of carbonyl (C=O) groups is 2. The fourth-order valence-electron chi connectivity index (χ4n) is 2.20. The van der Waals surface area contributed by atoms with Crippen LogP contribution >= 0.6 is 0 Å². The van der Waals surface area contributed by atoms with Crippen LogP contribution in [0.3, 0.4) is 0 Å². The van der Waals surface area contributed by atoms with Gasteiger partial charge in [0, 0.05) is 18.8 Å².